The number of benzene rings is 1. The molecule has 6 heteroatoms. The van der Waals surface area contributed by atoms with Gasteiger partial charge in [-0.05, 0) is 44.0 Å². The van der Waals surface area contributed by atoms with Crippen molar-refractivity contribution in [1.29, 1.82) is 0 Å². The molecule has 120 valence electrons. The van der Waals surface area contributed by atoms with Crippen molar-refractivity contribution < 1.29 is 19.4 Å². The van der Waals surface area contributed by atoms with E-state index in [-0.39, 0.29) is 23.7 Å². The predicted molar refractivity (Wildman–Crippen MR) is 81.3 cm³/mol. The summed E-state index contributed by atoms with van der Waals surface area (Å²) in [5.74, 6) is -0.939. The molecular weight excluding hydrogens is 284 g/mol. The Morgan fingerprint density at radius 1 is 1.32 bits per heavy atom. The Balaban J connectivity index is 2.10. The van der Waals surface area contributed by atoms with E-state index in [4.69, 9.17) is 10.5 Å². The lowest BCUT2D eigenvalue weighted by Gasteiger charge is -2.35. The van der Waals surface area contributed by atoms with Gasteiger partial charge >= 0.3 is 5.97 Å². The molecule has 1 saturated carbocycles. The summed E-state index contributed by atoms with van der Waals surface area (Å²) in [4.78, 5) is 24.3. The molecule has 2 rings (SSSR count). The number of carbonyl (C=O) groups excluding carboxylic acids is 2. The summed E-state index contributed by atoms with van der Waals surface area (Å²) >= 11 is 0. The van der Waals surface area contributed by atoms with Gasteiger partial charge in [-0.1, -0.05) is 6.42 Å². The molecule has 22 heavy (non-hydrogen) atoms. The van der Waals surface area contributed by atoms with Crippen LogP contribution in [0.4, 0.5) is 0 Å². The second-order valence-electron chi connectivity index (χ2n) is 5.50. The summed E-state index contributed by atoms with van der Waals surface area (Å²) in [5, 5.41) is 12.1. The number of amides is 1. The van der Waals surface area contributed by atoms with Crippen LogP contribution in [0.2, 0.25) is 0 Å². The molecule has 0 saturated heterocycles. The van der Waals surface area contributed by atoms with E-state index in [2.05, 4.69) is 5.32 Å². The number of nitrogens with one attached hydrogen (secondary N) is 1. The summed E-state index contributed by atoms with van der Waals surface area (Å²) in [5.41, 5.74) is 6.51. The van der Waals surface area contributed by atoms with Gasteiger partial charge in [0.2, 0.25) is 0 Å². The topological polar surface area (TPSA) is 102 Å². The highest BCUT2D eigenvalue weighted by molar-refractivity contribution is 5.95. The maximum atomic E-state index is 12.3. The number of hydrogen-bond acceptors (Lipinski definition) is 5. The number of carbonyl (C=O) groups is 2. The van der Waals surface area contributed by atoms with Gasteiger partial charge in [0.15, 0.2) is 0 Å². The van der Waals surface area contributed by atoms with E-state index in [9.17, 15) is 14.7 Å². The Morgan fingerprint density at radius 2 is 2.00 bits per heavy atom. The molecule has 0 heterocycles. The van der Waals surface area contributed by atoms with Crippen LogP contribution in [0.15, 0.2) is 24.3 Å². The van der Waals surface area contributed by atoms with E-state index in [0.29, 0.717) is 18.6 Å². The fraction of sp³-hybridized carbons (Fsp3) is 0.500. The molecule has 4 N–H and O–H groups in total. The molecule has 0 aromatic heterocycles. The smallest absolute Gasteiger partial charge is 0.311 e. The normalized spacial score (nSPS) is 24.5. The van der Waals surface area contributed by atoms with Crippen LogP contribution in [-0.4, -0.2) is 35.7 Å². The van der Waals surface area contributed by atoms with Crippen molar-refractivity contribution in [3.63, 3.8) is 0 Å². The molecule has 1 amide bonds. The molecule has 1 aliphatic carbocycles. The SMILES string of the molecule is CCOC(=O)C1CCCC(N)C1NC(=O)c1ccc(O)cc1. The molecule has 0 radical (unpaired) electrons. The molecule has 1 fully saturated rings. The van der Waals surface area contributed by atoms with E-state index < -0.39 is 12.0 Å². The zero-order valence-electron chi connectivity index (χ0n) is 12.6. The van der Waals surface area contributed by atoms with Gasteiger partial charge in [0.25, 0.3) is 5.91 Å². The van der Waals surface area contributed by atoms with Crippen LogP contribution >= 0.6 is 0 Å². The predicted octanol–water partition coefficient (Wildman–Crippen LogP) is 1.18. The lowest BCUT2D eigenvalue weighted by Crippen LogP contribution is -2.56. The Labute approximate surface area is 129 Å². The van der Waals surface area contributed by atoms with Crippen molar-refractivity contribution in [2.45, 2.75) is 38.3 Å². The molecule has 3 atom stereocenters. The second-order valence-corrected chi connectivity index (χ2v) is 5.50. The third-order valence-electron chi connectivity index (χ3n) is 3.96. The summed E-state index contributed by atoms with van der Waals surface area (Å²) < 4.78 is 5.08. The Hall–Kier alpha value is -2.08. The standard InChI is InChI=1S/C16H22N2O4/c1-2-22-16(21)12-4-3-5-13(17)14(12)18-15(20)10-6-8-11(19)9-7-10/h6-9,12-14,19H,2-5,17H2,1H3,(H,18,20). The van der Waals surface area contributed by atoms with Crippen molar-refractivity contribution in [3.8, 4) is 5.75 Å². The first-order chi connectivity index (χ1) is 10.5. The van der Waals surface area contributed by atoms with Gasteiger partial charge in [-0.2, -0.15) is 0 Å². The van der Waals surface area contributed by atoms with Gasteiger partial charge in [-0.3, -0.25) is 9.59 Å². The first-order valence-corrected chi connectivity index (χ1v) is 7.55. The zero-order chi connectivity index (χ0) is 16.1. The monoisotopic (exact) mass is 306 g/mol. The number of hydrogen-bond donors (Lipinski definition) is 3. The molecule has 1 aliphatic rings. The molecule has 6 nitrogen and oxygen atoms in total. The molecule has 3 unspecified atom stereocenters. The van der Waals surface area contributed by atoms with E-state index in [1.807, 2.05) is 0 Å². The number of nitrogens with two attached hydrogens (primary N) is 1. The highest BCUT2D eigenvalue weighted by Crippen LogP contribution is 2.25. The van der Waals surface area contributed by atoms with Crippen molar-refractivity contribution in [2.24, 2.45) is 11.7 Å². The molecule has 1 aromatic carbocycles. The number of phenols is 1. The Bertz CT molecular complexity index is 529. The fourth-order valence-corrected chi connectivity index (χ4v) is 2.80. The van der Waals surface area contributed by atoms with E-state index in [1.54, 1.807) is 6.92 Å². The van der Waals surface area contributed by atoms with E-state index in [1.165, 1.54) is 24.3 Å². The van der Waals surface area contributed by atoms with Crippen LogP contribution in [0.3, 0.4) is 0 Å². The largest absolute Gasteiger partial charge is 0.508 e. The number of rotatable bonds is 4. The number of esters is 1. The zero-order valence-corrected chi connectivity index (χ0v) is 12.6. The summed E-state index contributed by atoms with van der Waals surface area (Å²) in [6.45, 7) is 2.06. The van der Waals surface area contributed by atoms with Crippen LogP contribution < -0.4 is 11.1 Å². The summed E-state index contributed by atoms with van der Waals surface area (Å²) in [7, 11) is 0. The Morgan fingerprint density at radius 3 is 2.64 bits per heavy atom. The average molecular weight is 306 g/mol. The highest BCUT2D eigenvalue weighted by atomic mass is 16.5. The number of ether oxygens (including phenoxy) is 1. The molecular formula is C16H22N2O4. The minimum absolute atomic E-state index is 0.0929. The van der Waals surface area contributed by atoms with Gasteiger partial charge in [0.1, 0.15) is 5.75 Å². The fourth-order valence-electron chi connectivity index (χ4n) is 2.80. The van der Waals surface area contributed by atoms with Crippen molar-refractivity contribution in [1.82, 2.24) is 5.32 Å². The van der Waals surface area contributed by atoms with Crippen LogP contribution in [0.5, 0.6) is 5.75 Å². The molecule has 0 bridgehead atoms. The van der Waals surface area contributed by atoms with Crippen LogP contribution in [0, 0.1) is 5.92 Å². The molecule has 1 aromatic rings. The van der Waals surface area contributed by atoms with Crippen molar-refractivity contribution in [3.05, 3.63) is 29.8 Å². The third-order valence-corrected chi connectivity index (χ3v) is 3.96. The summed E-state index contributed by atoms with van der Waals surface area (Å²) in [6, 6.07) is 5.23. The van der Waals surface area contributed by atoms with E-state index in [0.717, 1.165) is 12.8 Å². The third kappa shape index (κ3) is 3.76. The lowest BCUT2D eigenvalue weighted by molar-refractivity contribution is -0.150. The van der Waals surface area contributed by atoms with Gasteiger partial charge in [-0.15, -0.1) is 0 Å². The van der Waals surface area contributed by atoms with Gasteiger partial charge in [-0.25, -0.2) is 0 Å². The van der Waals surface area contributed by atoms with Crippen molar-refractivity contribution in [2.75, 3.05) is 6.61 Å². The van der Waals surface area contributed by atoms with Gasteiger partial charge < -0.3 is 20.9 Å². The Kier molecular flexibility index (Phi) is 5.38. The first-order valence-electron chi connectivity index (χ1n) is 7.55. The van der Waals surface area contributed by atoms with Crippen molar-refractivity contribution >= 4 is 11.9 Å². The molecule has 0 spiro atoms. The van der Waals surface area contributed by atoms with Gasteiger partial charge in [0.05, 0.1) is 18.6 Å². The summed E-state index contributed by atoms with van der Waals surface area (Å²) in [6.07, 6.45) is 2.26. The average Bonchev–Trinajstić information content (AvgIpc) is 2.50. The minimum Gasteiger partial charge on any atom is -0.508 e. The maximum absolute atomic E-state index is 12.3. The van der Waals surface area contributed by atoms with Gasteiger partial charge in [0, 0.05) is 11.6 Å². The lowest BCUT2D eigenvalue weighted by atomic mass is 9.81. The number of phenolic OH excluding ortho intramolecular Hbond substituents is 1. The maximum Gasteiger partial charge on any atom is 0.311 e. The second kappa shape index (κ2) is 7.26. The highest BCUT2D eigenvalue weighted by Gasteiger charge is 2.37. The quantitative estimate of drug-likeness (QED) is 0.725. The first kappa shape index (κ1) is 16.3. The minimum atomic E-state index is -0.436. The number of aromatic hydroxyl groups is 1. The molecule has 0 aliphatic heterocycles. The van der Waals surface area contributed by atoms with Crippen LogP contribution in [-0.2, 0) is 9.53 Å². The van der Waals surface area contributed by atoms with Crippen LogP contribution in [0.1, 0.15) is 36.5 Å². The van der Waals surface area contributed by atoms with Crippen LogP contribution in [0.25, 0.3) is 0 Å². The van der Waals surface area contributed by atoms with E-state index >= 15 is 0 Å².